The summed E-state index contributed by atoms with van der Waals surface area (Å²) in [6, 6.07) is 0. The highest BCUT2D eigenvalue weighted by Crippen LogP contribution is 2.14. The minimum atomic E-state index is 1.17. The van der Waals surface area contributed by atoms with Gasteiger partial charge in [0.15, 0.2) is 0 Å². The summed E-state index contributed by atoms with van der Waals surface area (Å²) in [5.74, 6) is 1.28. The normalized spacial score (nSPS) is 12.9. The maximum absolute atomic E-state index is 4.32. The molecule has 1 aliphatic rings. The van der Waals surface area contributed by atoms with Gasteiger partial charge in [-0.3, -0.25) is 0 Å². The molecule has 0 aliphatic carbocycles. The maximum atomic E-state index is 4.32. The van der Waals surface area contributed by atoms with E-state index < -0.39 is 0 Å². The molecule has 0 saturated carbocycles. The third kappa shape index (κ3) is 3.17. The third-order valence-corrected chi connectivity index (χ3v) is 2.17. The lowest BCUT2D eigenvalue weighted by Crippen LogP contribution is -2.11. The summed E-state index contributed by atoms with van der Waals surface area (Å²) in [4.78, 5) is 4.32. The number of rotatable bonds is 0. The van der Waals surface area contributed by atoms with E-state index in [1.165, 1.54) is 37.3 Å². The van der Waals surface area contributed by atoms with E-state index in [9.17, 15) is 0 Å². The zero-order valence-corrected chi connectivity index (χ0v) is 10.3. The Morgan fingerprint density at radius 2 is 1.79 bits per heavy atom. The van der Waals surface area contributed by atoms with E-state index in [2.05, 4.69) is 16.5 Å². The van der Waals surface area contributed by atoms with Crippen LogP contribution >= 0.6 is 0 Å². The quantitative estimate of drug-likeness (QED) is 0.620. The maximum Gasteiger partial charge on any atom is 0.108 e. The summed E-state index contributed by atoms with van der Waals surface area (Å²) in [7, 11) is 0. The number of aromatic nitrogens is 2. The van der Waals surface area contributed by atoms with E-state index in [4.69, 9.17) is 0 Å². The Labute approximate surface area is 88.4 Å². The molecule has 1 aromatic heterocycles. The van der Waals surface area contributed by atoms with Crippen LogP contribution in [0, 0.1) is 6.92 Å². The van der Waals surface area contributed by atoms with Crippen LogP contribution in [0.15, 0.2) is 6.20 Å². The highest BCUT2D eigenvalue weighted by Gasteiger charge is 2.10. The van der Waals surface area contributed by atoms with Gasteiger partial charge in [-0.2, -0.15) is 0 Å². The second-order valence-corrected chi connectivity index (χ2v) is 2.92. The summed E-state index contributed by atoms with van der Waals surface area (Å²) >= 11 is 0. The standard InChI is InChI=1S/C8H12N2.2C2H6/c1-7-6-9-8-4-2-3-5-10(7)8;2*1-2/h6H,2-5H2,1H3;2*1-2H3. The van der Waals surface area contributed by atoms with Crippen LogP contribution in [0.2, 0.25) is 0 Å². The largest absolute Gasteiger partial charge is 0.332 e. The molecular formula is C12H24N2. The first-order valence-corrected chi connectivity index (χ1v) is 5.89. The van der Waals surface area contributed by atoms with E-state index in [1.54, 1.807) is 0 Å². The topological polar surface area (TPSA) is 17.8 Å². The van der Waals surface area contributed by atoms with Crippen LogP contribution < -0.4 is 0 Å². The summed E-state index contributed by atoms with van der Waals surface area (Å²) < 4.78 is 2.32. The zero-order chi connectivity index (χ0) is 11.0. The number of hydrogen-bond donors (Lipinski definition) is 0. The van der Waals surface area contributed by atoms with Crippen LogP contribution in [0.3, 0.4) is 0 Å². The molecule has 0 amide bonds. The first kappa shape index (κ1) is 13.2. The Morgan fingerprint density at radius 1 is 1.14 bits per heavy atom. The van der Waals surface area contributed by atoms with Crippen LogP contribution in [0.25, 0.3) is 0 Å². The van der Waals surface area contributed by atoms with Gasteiger partial charge in [0, 0.05) is 24.9 Å². The molecule has 14 heavy (non-hydrogen) atoms. The predicted octanol–water partition coefficient (Wildman–Crippen LogP) is 3.58. The van der Waals surface area contributed by atoms with Gasteiger partial charge in [0.25, 0.3) is 0 Å². The molecule has 0 spiro atoms. The van der Waals surface area contributed by atoms with Crippen molar-refractivity contribution in [2.75, 3.05) is 0 Å². The van der Waals surface area contributed by atoms with Crippen molar-refractivity contribution in [3.8, 4) is 0 Å². The molecular weight excluding hydrogens is 172 g/mol. The van der Waals surface area contributed by atoms with Gasteiger partial charge in [0.1, 0.15) is 5.82 Å². The third-order valence-electron chi connectivity index (χ3n) is 2.17. The molecule has 0 N–H and O–H groups in total. The van der Waals surface area contributed by atoms with Crippen LogP contribution in [0.4, 0.5) is 0 Å². The average Bonchev–Trinajstić information content (AvgIpc) is 2.67. The number of imidazole rings is 1. The monoisotopic (exact) mass is 196 g/mol. The Balaban J connectivity index is 0.000000379. The number of nitrogens with zero attached hydrogens (tertiary/aromatic N) is 2. The first-order chi connectivity index (χ1) is 6.88. The van der Waals surface area contributed by atoms with E-state index in [-0.39, 0.29) is 0 Å². The average molecular weight is 196 g/mol. The molecule has 0 bridgehead atoms. The van der Waals surface area contributed by atoms with E-state index in [0.717, 1.165) is 0 Å². The molecule has 82 valence electrons. The van der Waals surface area contributed by atoms with Crippen molar-refractivity contribution in [3.63, 3.8) is 0 Å². The Morgan fingerprint density at radius 3 is 2.36 bits per heavy atom. The van der Waals surface area contributed by atoms with Gasteiger partial charge >= 0.3 is 0 Å². The molecule has 1 aromatic rings. The van der Waals surface area contributed by atoms with Crippen molar-refractivity contribution in [2.45, 2.75) is 60.4 Å². The minimum absolute atomic E-state index is 1.17. The first-order valence-electron chi connectivity index (χ1n) is 5.89. The Bertz CT molecular complexity index is 238. The number of hydrogen-bond acceptors (Lipinski definition) is 1. The van der Waals surface area contributed by atoms with E-state index in [0.29, 0.717) is 0 Å². The van der Waals surface area contributed by atoms with Crippen molar-refractivity contribution >= 4 is 0 Å². The van der Waals surface area contributed by atoms with Gasteiger partial charge in [0.2, 0.25) is 0 Å². The van der Waals surface area contributed by atoms with Crippen LogP contribution in [-0.4, -0.2) is 9.55 Å². The summed E-state index contributed by atoms with van der Waals surface area (Å²) in [6.45, 7) is 11.3. The van der Waals surface area contributed by atoms with Crippen LogP contribution in [0.1, 0.15) is 52.1 Å². The summed E-state index contributed by atoms with van der Waals surface area (Å²) in [5, 5.41) is 0. The molecule has 0 atom stereocenters. The molecule has 0 fully saturated rings. The van der Waals surface area contributed by atoms with Gasteiger partial charge in [-0.15, -0.1) is 0 Å². The van der Waals surface area contributed by atoms with Gasteiger partial charge in [-0.1, -0.05) is 27.7 Å². The lowest BCUT2D eigenvalue weighted by atomic mass is 10.2. The smallest absolute Gasteiger partial charge is 0.108 e. The van der Waals surface area contributed by atoms with Crippen LogP contribution in [-0.2, 0) is 13.0 Å². The minimum Gasteiger partial charge on any atom is -0.332 e. The van der Waals surface area contributed by atoms with Gasteiger partial charge in [0.05, 0.1) is 0 Å². The second-order valence-electron chi connectivity index (χ2n) is 2.92. The molecule has 2 nitrogen and oxygen atoms in total. The molecule has 0 saturated heterocycles. The molecule has 1 aliphatic heterocycles. The number of aryl methyl sites for hydroxylation is 2. The van der Waals surface area contributed by atoms with Gasteiger partial charge < -0.3 is 4.57 Å². The molecule has 0 radical (unpaired) electrons. The summed E-state index contributed by atoms with van der Waals surface area (Å²) in [5.41, 5.74) is 1.31. The predicted molar refractivity (Wildman–Crippen MR) is 62.6 cm³/mol. The Hall–Kier alpha value is -0.790. The highest BCUT2D eigenvalue weighted by atomic mass is 15.1. The summed E-state index contributed by atoms with van der Waals surface area (Å²) in [6.07, 6.45) is 5.79. The molecule has 2 heterocycles. The highest BCUT2D eigenvalue weighted by molar-refractivity contribution is 5.04. The van der Waals surface area contributed by atoms with Gasteiger partial charge in [-0.05, 0) is 19.8 Å². The van der Waals surface area contributed by atoms with E-state index >= 15 is 0 Å². The van der Waals surface area contributed by atoms with Crippen molar-refractivity contribution < 1.29 is 0 Å². The number of fused-ring (bicyclic) bond motifs is 1. The van der Waals surface area contributed by atoms with Crippen molar-refractivity contribution in [3.05, 3.63) is 17.7 Å². The molecule has 2 rings (SSSR count). The Kier molecular flexibility index (Phi) is 7.17. The van der Waals surface area contributed by atoms with Crippen molar-refractivity contribution in [1.82, 2.24) is 9.55 Å². The zero-order valence-electron chi connectivity index (χ0n) is 10.3. The van der Waals surface area contributed by atoms with Crippen molar-refractivity contribution in [1.29, 1.82) is 0 Å². The molecule has 0 aromatic carbocycles. The van der Waals surface area contributed by atoms with Crippen LogP contribution in [0.5, 0.6) is 0 Å². The van der Waals surface area contributed by atoms with E-state index in [1.807, 2.05) is 33.9 Å². The lowest BCUT2D eigenvalue weighted by molar-refractivity contribution is 0.514. The second kappa shape index (κ2) is 7.60. The fourth-order valence-electron chi connectivity index (χ4n) is 1.57. The van der Waals surface area contributed by atoms with Crippen molar-refractivity contribution in [2.24, 2.45) is 0 Å². The molecule has 2 heteroatoms. The SMILES string of the molecule is CC.CC.Cc1cnc2n1CCCC2. The van der Waals surface area contributed by atoms with Gasteiger partial charge in [-0.25, -0.2) is 4.98 Å². The molecule has 0 unspecified atom stereocenters. The fraction of sp³-hybridized carbons (Fsp3) is 0.750. The fourth-order valence-corrected chi connectivity index (χ4v) is 1.57. The lowest BCUT2D eigenvalue weighted by Gasteiger charge is -2.14.